The van der Waals surface area contributed by atoms with Crippen LogP contribution < -0.4 is 15.6 Å². The minimum atomic E-state index is -5.43. The Morgan fingerprint density at radius 2 is 1.74 bits per heavy atom. The number of aliphatic hydroxyl groups is 1. The molecule has 1 aliphatic rings. The van der Waals surface area contributed by atoms with Crippen molar-refractivity contribution in [2.45, 2.75) is 24.7 Å². The number of amides is 2. The van der Waals surface area contributed by atoms with Gasteiger partial charge in [0.25, 0.3) is 5.91 Å². The lowest BCUT2D eigenvalue weighted by Crippen LogP contribution is -2.41. The summed E-state index contributed by atoms with van der Waals surface area (Å²) in [4.78, 5) is 47.5. The fraction of sp³-hybridized carbons (Fsp3) is 0.192. The van der Waals surface area contributed by atoms with Gasteiger partial charge in [0.1, 0.15) is 28.8 Å². The highest BCUT2D eigenvalue weighted by Crippen LogP contribution is 2.35. The van der Waals surface area contributed by atoms with Crippen LogP contribution in [0.1, 0.15) is 28.4 Å². The molecule has 0 spiro atoms. The Hall–Kier alpha value is -4.86. The minimum Gasteiger partial charge on any atom is -0.391 e. The SMILES string of the molecule is O=C(NC(c1c(F)cccc1F)C(F)(F)F)c1cn(-c2ncc(F)cc2F)c2nc(N3CC(O)CC3=O)ccc2c1=O. The van der Waals surface area contributed by atoms with E-state index in [9.17, 15) is 50.2 Å². The Morgan fingerprint density at radius 1 is 1.05 bits per heavy atom. The highest BCUT2D eigenvalue weighted by Gasteiger charge is 2.45. The van der Waals surface area contributed by atoms with Crippen molar-refractivity contribution >= 4 is 28.7 Å². The average molecular weight is 595 g/mol. The van der Waals surface area contributed by atoms with Crippen molar-refractivity contribution in [1.82, 2.24) is 19.9 Å². The topological polar surface area (TPSA) is 117 Å². The summed E-state index contributed by atoms with van der Waals surface area (Å²) < 4.78 is 99.3. The Morgan fingerprint density at radius 3 is 2.33 bits per heavy atom. The number of hydrogen-bond donors (Lipinski definition) is 2. The molecule has 0 saturated carbocycles. The van der Waals surface area contributed by atoms with Gasteiger partial charge in [-0.3, -0.25) is 23.9 Å². The van der Waals surface area contributed by atoms with Gasteiger partial charge in [-0.25, -0.2) is 27.5 Å². The summed E-state index contributed by atoms with van der Waals surface area (Å²) in [5, 5.41) is 10.8. The van der Waals surface area contributed by atoms with Gasteiger partial charge in [0.05, 0.1) is 36.2 Å². The molecule has 0 bridgehead atoms. The first-order valence-corrected chi connectivity index (χ1v) is 11.9. The standard InChI is InChI=1S/C26H16F7N5O4/c27-11-6-17(30)24(34-8-11)38-10-14(25(42)36-22(26(31,32)33)20-15(28)2-1-3-16(20)29)21(41)13-4-5-18(35-23(13)38)37-9-12(39)7-19(37)40/h1-6,8,10,12,22,39H,7,9H2,(H,36,42). The summed E-state index contributed by atoms with van der Waals surface area (Å²) in [6.45, 7) is -0.170. The van der Waals surface area contributed by atoms with Gasteiger partial charge < -0.3 is 10.4 Å². The van der Waals surface area contributed by atoms with Gasteiger partial charge in [-0.2, -0.15) is 13.2 Å². The van der Waals surface area contributed by atoms with Crippen LogP contribution in [0.25, 0.3) is 16.9 Å². The van der Waals surface area contributed by atoms with Crippen LogP contribution in [-0.4, -0.2) is 50.3 Å². The second-order valence-electron chi connectivity index (χ2n) is 9.19. The predicted octanol–water partition coefficient (Wildman–Crippen LogP) is 3.47. The zero-order valence-electron chi connectivity index (χ0n) is 20.8. The van der Waals surface area contributed by atoms with Crippen molar-refractivity contribution in [3.63, 3.8) is 0 Å². The number of fused-ring (bicyclic) bond motifs is 1. The van der Waals surface area contributed by atoms with Crippen LogP contribution in [0.15, 0.2) is 53.6 Å². The maximum atomic E-state index is 14.8. The molecule has 2 amide bonds. The molecule has 42 heavy (non-hydrogen) atoms. The molecule has 2 N–H and O–H groups in total. The number of aliphatic hydroxyl groups excluding tert-OH is 1. The monoisotopic (exact) mass is 595 g/mol. The van der Waals surface area contributed by atoms with Crippen LogP contribution >= 0.6 is 0 Å². The van der Waals surface area contributed by atoms with E-state index in [0.717, 1.165) is 23.1 Å². The number of β-amino-alcohol motifs (C(OH)–C–C–N with tert-alkyl or cyclic N) is 1. The number of pyridine rings is 3. The molecule has 16 heteroatoms. The number of carbonyl (C=O) groups is 2. The normalized spacial score (nSPS) is 16.2. The van der Waals surface area contributed by atoms with Crippen molar-refractivity contribution < 1.29 is 45.4 Å². The molecule has 5 rings (SSSR count). The smallest absolute Gasteiger partial charge is 0.391 e. The lowest BCUT2D eigenvalue weighted by atomic mass is 10.0. The minimum absolute atomic E-state index is 0.107. The zero-order chi connectivity index (χ0) is 30.5. The molecule has 1 saturated heterocycles. The van der Waals surface area contributed by atoms with Gasteiger partial charge in [0.2, 0.25) is 11.3 Å². The predicted molar refractivity (Wildman–Crippen MR) is 131 cm³/mol. The quantitative estimate of drug-likeness (QED) is 0.342. The number of carbonyl (C=O) groups excluding carboxylic acids is 2. The van der Waals surface area contributed by atoms with Crippen LogP contribution in [0.3, 0.4) is 0 Å². The maximum absolute atomic E-state index is 14.8. The second-order valence-corrected chi connectivity index (χ2v) is 9.19. The van der Waals surface area contributed by atoms with Crippen LogP contribution in [0.2, 0.25) is 0 Å². The number of rotatable bonds is 5. The molecule has 0 radical (unpaired) electrons. The van der Waals surface area contributed by atoms with Gasteiger partial charge in [0.15, 0.2) is 23.3 Å². The lowest BCUT2D eigenvalue weighted by Gasteiger charge is -2.23. The first-order chi connectivity index (χ1) is 19.8. The van der Waals surface area contributed by atoms with Crippen LogP contribution in [0.4, 0.5) is 36.6 Å². The molecule has 1 aliphatic heterocycles. The van der Waals surface area contributed by atoms with Crippen molar-refractivity contribution in [2.75, 3.05) is 11.4 Å². The lowest BCUT2D eigenvalue weighted by molar-refractivity contribution is -0.156. The largest absolute Gasteiger partial charge is 0.413 e. The molecule has 4 aromatic rings. The third kappa shape index (κ3) is 5.15. The van der Waals surface area contributed by atoms with E-state index in [2.05, 4.69) is 9.97 Å². The fourth-order valence-electron chi connectivity index (χ4n) is 4.47. The fourth-order valence-corrected chi connectivity index (χ4v) is 4.47. The maximum Gasteiger partial charge on any atom is 0.413 e. The van der Waals surface area contributed by atoms with Crippen molar-refractivity contribution in [2.24, 2.45) is 0 Å². The first kappa shape index (κ1) is 28.7. The van der Waals surface area contributed by atoms with Crippen LogP contribution in [-0.2, 0) is 4.79 Å². The Kier molecular flexibility index (Phi) is 7.18. The highest BCUT2D eigenvalue weighted by atomic mass is 19.4. The van der Waals surface area contributed by atoms with Crippen molar-refractivity contribution in [3.05, 3.63) is 93.4 Å². The summed E-state index contributed by atoms with van der Waals surface area (Å²) in [6.07, 6.45) is -5.54. The van der Waals surface area contributed by atoms with Gasteiger partial charge in [-0.05, 0) is 24.3 Å². The van der Waals surface area contributed by atoms with E-state index < -0.39 is 86.8 Å². The van der Waals surface area contributed by atoms with E-state index in [1.165, 1.54) is 5.32 Å². The summed E-state index contributed by atoms with van der Waals surface area (Å²) in [6, 6.07) is 1.26. The molecule has 9 nitrogen and oxygen atoms in total. The molecule has 0 aliphatic carbocycles. The van der Waals surface area contributed by atoms with Crippen molar-refractivity contribution in [1.29, 1.82) is 0 Å². The first-order valence-electron chi connectivity index (χ1n) is 11.9. The van der Waals surface area contributed by atoms with E-state index in [1.54, 1.807) is 0 Å². The Labute approximate surface area is 229 Å². The Bertz CT molecular complexity index is 1790. The third-order valence-electron chi connectivity index (χ3n) is 6.37. The van der Waals surface area contributed by atoms with Gasteiger partial charge in [-0.15, -0.1) is 0 Å². The summed E-state index contributed by atoms with van der Waals surface area (Å²) in [5.74, 6) is -8.80. The van der Waals surface area contributed by atoms with Gasteiger partial charge >= 0.3 is 6.18 Å². The number of alkyl halides is 3. The van der Waals surface area contributed by atoms with Gasteiger partial charge in [0, 0.05) is 12.3 Å². The molecule has 2 atom stereocenters. The Balaban J connectivity index is 1.69. The summed E-state index contributed by atoms with van der Waals surface area (Å²) in [5.41, 5.74) is -4.23. The summed E-state index contributed by atoms with van der Waals surface area (Å²) in [7, 11) is 0. The zero-order valence-corrected chi connectivity index (χ0v) is 20.8. The molecule has 1 fully saturated rings. The second kappa shape index (κ2) is 10.5. The number of aromatic nitrogens is 3. The van der Waals surface area contributed by atoms with Crippen LogP contribution in [0, 0.1) is 23.3 Å². The molecular formula is C26H16F7N5O4. The molecular weight excluding hydrogens is 579 g/mol. The average Bonchev–Trinajstić information content (AvgIpc) is 3.25. The van der Waals surface area contributed by atoms with E-state index in [1.807, 2.05) is 0 Å². The van der Waals surface area contributed by atoms with Crippen LogP contribution in [0.5, 0.6) is 0 Å². The van der Waals surface area contributed by atoms with Crippen molar-refractivity contribution in [3.8, 4) is 5.82 Å². The van der Waals surface area contributed by atoms with Gasteiger partial charge in [-0.1, -0.05) is 6.07 Å². The number of halogens is 7. The number of benzene rings is 1. The van der Waals surface area contributed by atoms with E-state index >= 15 is 0 Å². The summed E-state index contributed by atoms with van der Waals surface area (Å²) >= 11 is 0. The third-order valence-corrected chi connectivity index (χ3v) is 6.37. The molecule has 3 aromatic heterocycles. The highest BCUT2D eigenvalue weighted by molar-refractivity contribution is 5.99. The number of hydrogen-bond acceptors (Lipinski definition) is 6. The van der Waals surface area contributed by atoms with E-state index in [0.29, 0.717) is 35.2 Å². The number of nitrogens with one attached hydrogen (secondary N) is 1. The van der Waals surface area contributed by atoms with E-state index in [4.69, 9.17) is 0 Å². The molecule has 1 aromatic carbocycles. The number of anilines is 1. The molecule has 218 valence electrons. The number of nitrogens with zero attached hydrogens (tertiary/aromatic N) is 4. The van der Waals surface area contributed by atoms with E-state index in [-0.39, 0.29) is 18.8 Å². The molecule has 2 unspecified atom stereocenters. The molecule has 4 heterocycles.